The predicted octanol–water partition coefficient (Wildman–Crippen LogP) is 4.32. The fraction of sp³-hybridized carbons (Fsp3) is 0.200. The summed E-state index contributed by atoms with van der Waals surface area (Å²) >= 11 is 5.85. The van der Waals surface area contributed by atoms with Crippen LogP contribution < -0.4 is 14.8 Å². The van der Waals surface area contributed by atoms with Gasteiger partial charge < -0.3 is 14.8 Å². The van der Waals surface area contributed by atoms with Crippen LogP contribution in [0, 0.1) is 0 Å². The second kappa shape index (κ2) is 8.60. The predicted molar refractivity (Wildman–Crippen MR) is 106 cm³/mol. The maximum absolute atomic E-state index is 12.4. The molecule has 7 heteroatoms. The molecule has 1 heterocycles. The van der Waals surface area contributed by atoms with Crippen molar-refractivity contribution in [2.75, 3.05) is 19.0 Å². The van der Waals surface area contributed by atoms with Crippen molar-refractivity contribution < 1.29 is 14.3 Å². The van der Waals surface area contributed by atoms with Gasteiger partial charge in [0.05, 0.1) is 18.5 Å². The molecule has 3 rings (SSSR count). The normalized spacial score (nSPS) is 10.5. The van der Waals surface area contributed by atoms with Crippen LogP contribution in [-0.2, 0) is 11.2 Å². The summed E-state index contributed by atoms with van der Waals surface area (Å²) < 4.78 is 10.8. The van der Waals surface area contributed by atoms with Gasteiger partial charge in [-0.1, -0.05) is 30.7 Å². The number of carbonyl (C=O) groups is 1. The maximum atomic E-state index is 12.4. The van der Waals surface area contributed by atoms with E-state index in [0.29, 0.717) is 28.6 Å². The van der Waals surface area contributed by atoms with Crippen molar-refractivity contribution in [2.24, 2.45) is 0 Å². The van der Waals surface area contributed by atoms with Gasteiger partial charge in [-0.05, 0) is 42.8 Å². The van der Waals surface area contributed by atoms with Crippen LogP contribution in [0.2, 0.25) is 5.02 Å². The Morgan fingerprint density at radius 2 is 1.96 bits per heavy atom. The number of methoxy groups -OCH3 is 1. The molecule has 0 spiro atoms. The Morgan fingerprint density at radius 3 is 2.67 bits per heavy atom. The van der Waals surface area contributed by atoms with Crippen molar-refractivity contribution >= 4 is 23.2 Å². The highest BCUT2D eigenvalue weighted by Crippen LogP contribution is 2.31. The Morgan fingerprint density at radius 1 is 1.19 bits per heavy atom. The quantitative estimate of drug-likeness (QED) is 0.635. The number of hydrogen-bond acceptors (Lipinski definition) is 4. The first-order chi connectivity index (χ1) is 13.1. The van der Waals surface area contributed by atoms with E-state index in [2.05, 4.69) is 15.5 Å². The summed E-state index contributed by atoms with van der Waals surface area (Å²) in [6.45, 7) is 1.87. The minimum absolute atomic E-state index is 0.118. The number of halogens is 1. The van der Waals surface area contributed by atoms with Crippen LogP contribution in [0.25, 0.3) is 11.3 Å². The molecule has 3 aromatic rings. The lowest BCUT2D eigenvalue weighted by molar-refractivity contribution is -0.118. The number of ether oxygens (including phenoxy) is 2. The molecule has 0 aliphatic carbocycles. The number of aromatic nitrogens is 2. The number of nitrogens with one attached hydrogen (secondary N) is 2. The van der Waals surface area contributed by atoms with Crippen LogP contribution in [0.3, 0.4) is 0 Å². The summed E-state index contributed by atoms with van der Waals surface area (Å²) in [6, 6.07) is 14.4. The highest BCUT2D eigenvalue weighted by molar-refractivity contribution is 6.30. The third kappa shape index (κ3) is 4.60. The molecule has 27 heavy (non-hydrogen) atoms. The zero-order valence-electron chi connectivity index (χ0n) is 15.1. The molecule has 0 fully saturated rings. The van der Waals surface area contributed by atoms with Gasteiger partial charge in [0, 0.05) is 10.6 Å². The number of aryl methyl sites for hydroxylation is 1. The molecule has 0 bridgehead atoms. The zero-order chi connectivity index (χ0) is 19.2. The molecular formula is C20H20ClN3O3. The van der Waals surface area contributed by atoms with Crippen LogP contribution >= 0.6 is 11.6 Å². The number of carbonyl (C=O) groups excluding carboxylic acids is 1. The van der Waals surface area contributed by atoms with Gasteiger partial charge >= 0.3 is 0 Å². The molecule has 0 aliphatic heterocycles. The smallest absolute Gasteiger partial charge is 0.262 e. The summed E-state index contributed by atoms with van der Waals surface area (Å²) in [5, 5.41) is 10.9. The van der Waals surface area contributed by atoms with E-state index in [1.54, 1.807) is 31.4 Å². The van der Waals surface area contributed by atoms with Crippen molar-refractivity contribution in [2.45, 2.75) is 13.3 Å². The number of aromatic amines is 1. The zero-order valence-corrected chi connectivity index (χ0v) is 15.8. The van der Waals surface area contributed by atoms with Gasteiger partial charge in [0.15, 0.2) is 6.61 Å². The first kappa shape index (κ1) is 18.8. The number of H-pyrrole nitrogens is 1. The molecule has 0 radical (unpaired) electrons. The Hall–Kier alpha value is -2.99. The van der Waals surface area contributed by atoms with Gasteiger partial charge in [0.1, 0.15) is 17.2 Å². The molecule has 140 valence electrons. The van der Waals surface area contributed by atoms with Crippen LogP contribution in [0.1, 0.15) is 12.6 Å². The van der Waals surface area contributed by atoms with E-state index in [1.807, 2.05) is 31.2 Å². The molecule has 0 saturated carbocycles. The summed E-state index contributed by atoms with van der Waals surface area (Å²) in [4.78, 5) is 12.4. The van der Waals surface area contributed by atoms with E-state index < -0.39 is 0 Å². The van der Waals surface area contributed by atoms with Crippen molar-refractivity contribution in [3.05, 3.63) is 59.2 Å². The topological polar surface area (TPSA) is 76.2 Å². The Bertz CT molecular complexity index is 922. The maximum Gasteiger partial charge on any atom is 0.262 e. The van der Waals surface area contributed by atoms with Crippen molar-refractivity contribution in [1.82, 2.24) is 10.2 Å². The van der Waals surface area contributed by atoms with E-state index in [-0.39, 0.29) is 12.5 Å². The minimum atomic E-state index is -0.273. The standard InChI is InChI=1S/C20H20ClN3O3/c1-3-17-20(19(24-23-17)13-5-4-6-16(11-13)26-2)22-18(25)12-27-15-9-7-14(21)8-10-15/h4-11H,3,12H2,1-2H3,(H,22,25)(H,23,24). The first-order valence-corrected chi connectivity index (χ1v) is 8.88. The molecule has 2 aromatic carbocycles. The lowest BCUT2D eigenvalue weighted by Gasteiger charge is -2.10. The Labute approximate surface area is 162 Å². The fourth-order valence-electron chi connectivity index (χ4n) is 2.60. The van der Waals surface area contributed by atoms with Crippen molar-refractivity contribution in [3.63, 3.8) is 0 Å². The van der Waals surface area contributed by atoms with Gasteiger partial charge in [-0.25, -0.2) is 0 Å². The summed E-state index contributed by atoms with van der Waals surface area (Å²) in [5.74, 6) is 1.02. The first-order valence-electron chi connectivity index (χ1n) is 8.50. The monoisotopic (exact) mass is 385 g/mol. The van der Waals surface area contributed by atoms with Crippen molar-refractivity contribution in [3.8, 4) is 22.8 Å². The van der Waals surface area contributed by atoms with E-state index in [0.717, 1.165) is 17.0 Å². The number of hydrogen-bond donors (Lipinski definition) is 2. The van der Waals surface area contributed by atoms with Crippen LogP contribution in [-0.4, -0.2) is 29.8 Å². The molecule has 0 atom stereocenters. The lowest BCUT2D eigenvalue weighted by Crippen LogP contribution is -2.21. The second-order valence-corrected chi connectivity index (χ2v) is 6.24. The molecule has 0 unspecified atom stereocenters. The molecule has 6 nitrogen and oxygen atoms in total. The molecular weight excluding hydrogens is 366 g/mol. The molecule has 0 saturated heterocycles. The van der Waals surface area contributed by atoms with Gasteiger partial charge in [-0.3, -0.25) is 9.89 Å². The molecule has 0 aliphatic rings. The lowest BCUT2D eigenvalue weighted by atomic mass is 10.1. The average Bonchev–Trinajstić information content (AvgIpc) is 3.10. The molecule has 2 N–H and O–H groups in total. The number of anilines is 1. The number of rotatable bonds is 7. The fourth-order valence-corrected chi connectivity index (χ4v) is 2.73. The van der Waals surface area contributed by atoms with Crippen LogP contribution in [0.5, 0.6) is 11.5 Å². The number of amides is 1. The molecule has 1 aromatic heterocycles. The van der Waals surface area contributed by atoms with Crippen LogP contribution in [0.4, 0.5) is 5.69 Å². The minimum Gasteiger partial charge on any atom is -0.497 e. The Kier molecular flexibility index (Phi) is 5.98. The highest BCUT2D eigenvalue weighted by Gasteiger charge is 2.17. The SMILES string of the molecule is CCc1[nH]nc(-c2cccc(OC)c2)c1NC(=O)COc1ccc(Cl)cc1. The highest BCUT2D eigenvalue weighted by atomic mass is 35.5. The average molecular weight is 386 g/mol. The van der Waals surface area contributed by atoms with Crippen LogP contribution in [0.15, 0.2) is 48.5 Å². The van der Waals surface area contributed by atoms with E-state index in [9.17, 15) is 4.79 Å². The third-order valence-electron chi connectivity index (χ3n) is 3.99. The van der Waals surface area contributed by atoms with E-state index >= 15 is 0 Å². The van der Waals surface area contributed by atoms with Crippen molar-refractivity contribution in [1.29, 1.82) is 0 Å². The van der Waals surface area contributed by atoms with Gasteiger partial charge in [-0.15, -0.1) is 0 Å². The Balaban J connectivity index is 1.76. The number of nitrogens with zero attached hydrogens (tertiary/aromatic N) is 1. The van der Waals surface area contributed by atoms with Gasteiger partial charge in [0.2, 0.25) is 0 Å². The number of benzene rings is 2. The third-order valence-corrected chi connectivity index (χ3v) is 4.24. The largest absolute Gasteiger partial charge is 0.497 e. The van der Waals surface area contributed by atoms with Gasteiger partial charge in [-0.2, -0.15) is 5.10 Å². The van der Waals surface area contributed by atoms with E-state index in [1.165, 1.54) is 0 Å². The van der Waals surface area contributed by atoms with E-state index in [4.69, 9.17) is 21.1 Å². The summed E-state index contributed by atoms with van der Waals surface area (Å²) in [6.07, 6.45) is 0.699. The second-order valence-electron chi connectivity index (χ2n) is 5.80. The van der Waals surface area contributed by atoms with Gasteiger partial charge in [0.25, 0.3) is 5.91 Å². The summed E-state index contributed by atoms with van der Waals surface area (Å²) in [7, 11) is 1.61. The molecule has 1 amide bonds. The summed E-state index contributed by atoms with van der Waals surface area (Å²) in [5.41, 5.74) is 2.99.